The molecule has 0 fully saturated rings. The molecule has 17 aromatic carbocycles. The Morgan fingerprint density at radius 1 is 0.136 bits per heavy atom. The molecule has 0 radical (unpaired) electrons. The third-order valence-corrected chi connectivity index (χ3v) is 27.1. The van der Waals surface area contributed by atoms with Crippen molar-refractivity contribution in [2.75, 3.05) is 39.2 Å². The third kappa shape index (κ3) is 23.2. The van der Waals surface area contributed by atoms with Gasteiger partial charge < -0.3 is 39.2 Å². The number of hydrogen-bond acceptors (Lipinski definition) is 8. The second-order valence-electron chi connectivity index (χ2n) is 38.2. The highest BCUT2D eigenvalue weighted by Gasteiger charge is 2.28. The van der Waals surface area contributed by atoms with E-state index in [2.05, 4.69) is 523 Å². The van der Waals surface area contributed by atoms with Crippen molar-refractivity contribution in [2.45, 2.75) is 199 Å². The Labute approximate surface area is 835 Å². The van der Waals surface area contributed by atoms with Crippen LogP contribution in [0.4, 0.5) is 136 Å². The zero-order chi connectivity index (χ0) is 96.8. The van der Waals surface area contributed by atoms with Crippen molar-refractivity contribution in [2.24, 2.45) is 0 Å². The van der Waals surface area contributed by atoms with E-state index in [1.165, 1.54) is 78.1 Å². The Morgan fingerprint density at radius 2 is 0.343 bits per heavy atom. The van der Waals surface area contributed by atoms with E-state index in [0.717, 1.165) is 241 Å². The molecule has 0 saturated heterocycles. The first-order valence-corrected chi connectivity index (χ1v) is 51.5. The lowest BCUT2D eigenvalue weighted by atomic mass is 9.99. The molecule has 0 saturated carbocycles. The molecule has 0 aliphatic heterocycles. The number of unbranched alkanes of at least 4 members (excludes halogenated alkanes) is 6. The van der Waals surface area contributed by atoms with E-state index in [4.69, 9.17) is 0 Å². The molecule has 0 unspecified atom stereocenters. The van der Waals surface area contributed by atoms with Gasteiger partial charge >= 0.3 is 0 Å². The van der Waals surface area contributed by atoms with Crippen LogP contribution in [0.3, 0.4) is 0 Å². The monoisotopic (exact) mass is 1840 g/mol. The Kier molecular flexibility index (Phi) is 32.2. The maximum absolute atomic E-state index is 2.54. The van der Waals surface area contributed by atoms with Crippen molar-refractivity contribution in [1.29, 1.82) is 0 Å². The van der Waals surface area contributed by atoms with Gasteiger partial charge in [-0.2, -0.15) is 0 Å². The van der Waals surface area contributed by atoms with Crippen LogP contribution in [0.5, 0.6) is 0 Å². The largest absolute Gasteiger partial charge is 0.310 e. The lowest BCUT2D eigenvalue weighted by molar-refractivity contribution is 0.780. The number of hydrogen-bond donors (Lipinski definition) is 0. The van der Waals surface area contributed by atoms with Gasteiger partial charge in [-0.05, 0) is 441 Å². The summed E-state index contributed by atoms with van der Waals surface area (Å²) in [6.07, 6.45) is 19.4. The summed E-state index contributed by atoms with van der Waals surface area (Å²) < 4.78 is 0. The number of nitrogens with zero attached hydrogens (tertiary/aromatic N) is 8. The van der Waals surface area contributed by atoms with Crippen molar-refractivity contribution in [1.82, 2.24) is 0 Å². The van der Waals surface area contributed by atoms with Crippen LogP contribution in [0.1, 0.15) is 185 Å². The molecule has 17 aromatic rings. The van der Waals surface area contributed by atoms with Gasteiger partial charge in [0, 0.05) is 136 Å². The van der Waals surface area contributed by atoms with Gasteiger partial charge in [0.25, 0.3) is 0 Å². The Hall–Kier alpha value is -14.9. The molecule has 0 heterocycles. The summed E-state index contributed by atoms with van der Waals surface area (Å²) in [4.78, 5) is 19.7. The van der Waals surface area contributed by atoms with Crippen LogP contribution in [0.15, 0.2) is 400 Å². The number of benzene rings is 17. The molecular formula is C132H138N8. The number of para-hydroxylation sites is 4. The van der Waals surface area contributed by atoms with Crippen LogP contribution in [0.25, 0.3) is 0 Å². The maximum atomic E-state index is 2.54. The highest BCUT2D eigenvalue weighted by atomic mass is 15.2. The first-order chi connectivity index (χ1) is 68.6. The van der Waals surface area contributed by atoms with Gasteiger partial charge in [-0.25, -0.2) is 0 Å². The third-order valence-electron chi connectivity index (χ3n) is 27.1. The lowest BCUT2D eigenvalue weighted by Crippen LogP contribution is -2.16. The predicted molar refractivity (Wildman–Crippen MR) is 604 cm³/mol. The second-order valence-corrected chi connectivity index (χ2v) is 38.2. The van der Waals surface area contributed by atoms with Gasteiger partial charge in [0.15, 0.2) is 0 Å². The minimum absolute atomic E-state index is 0.915. The SMILES string of the molecule is CCCCc1cc(CCCC)cc(N(c2ccccc2)c2cc(CCCC)cc(N(c3ccc(C)cc3)c3ccc(N(c4ccc(N(c5ccc(N(c6ccccc6)c6cccc(C)c6)cc5)c5ccc(N(c6ccc(N(c7ccc(C)cc7)c7ccccc7C)cc6)c6cc(C)ccc6C)cc5)cc4)c4cc(CCCC)cc(N(c5ccccc5)c5cc(CCCC)cc(CCCC)c5)c4)cc3)c2)c1. The molecule has 0 aromatic heterocycles. The molecule has 0 amide bonds. The number of rotatable bonds is 42. The van der Waals surface area contributed by atoms with Crippen LogP contribution >= 0.6 is 0 Å². The molecule has 8 nitrogen and oxygen atoms in total. The van der Waals surface area contributed by atoms with Gasteiger partial charge in [0.1, 0.15) is 0 Å². The fourth-order valence-electron chi connectivity index (χ4n) is 19.7. The smallest absolute Gasteiger partial charge is 0.0493 e. The summed E-state index contributed by atoms with van der Waals surface area (Å²) in [6, 6.07) is 151. The van der Waals surface area contributed by atoms with E-state index in [1.54, 1.807) is 0 Å². The molecule has 0 aliphatic rings. The highest BCUT2D eigenvalue weighted by Crippen LogP contribution is 2.51. The lowest BCUT2D eigenvalue weighted by Gasteiger charge is -2.32. The molecule has 0 spiro atoms. The van der Waals surface area contributed by atoms with Crippen LogP contribution in [-0.2, 0) is 38.5 Å². The number of aryl methyl sites for hydroxylation is 12. The van der Waals surface area contributed by atoms with E-state index >= 15 is 0 Å². The second kappa shape index (κ2) is 46.5. The van der Waals surface area contributed by atoms with Crippen molar-refractivity contribution in [3.8, 4) is 0 Å². The average Bonchev–Trinajstić information content (AvgIpc) is 0.827. The Bertz CT molecular complexity index is 6820. The maximum Gasteiger partial charge on any atom is 0.0493 e. The topological polar surface area (TPSA) is 25.9 Å². The molecular weight excluding hydrogens is 1700 g/mol. The predicted octanol–water partition coefficient (Wildman–Crippen LogP) is 39.4. The van der Waals surface area contributed by atoms with Gasteiger partial charge in [-0.15, -0.1) is 0 Å². The van der Waals surface area contributed by atoms with E-state index in [1.807, 2.05) is 0 Å². The van der Waals surface area contributed by atoms with E-state index in [9.17, 15) is 0 Å². The van der Waals surface area contributed by atoms with Gasteiger partial charge in [0.2, 0.25) is 0 Å². The molecule has 8 heteroatoms. The Morgan fingerprint density at radius 3 is 0.636 bits per heavy atom. The average molecular weight is 1840 g/mol. The summed E-state index contributed by atoms with van der Waals surface area (Å²) in [5.74, 6) is 0. The fraction of sp³-hybridized carbons (Fsp3) is 0.227. The van der Waals surface area contributed by atoms with Crippen molar-refractivity contribution < 1.29 is 0 Å². The van der Waals surface area contributed by atoms with Gasteiger partial charge in [-0.3, -0.25) is 0 Å². The minimum atomic E-state index is 0.915. The van der Waals surface area contributed by atoms with Crippen LogP contribution in [0.2, 0.25) is 0 Å². The summed E-state index contributed by atoms with van der Waals surface area (Å²) in [7, 11) is 0. The first kappa shape index (κ1) is 96.8. The zero-order valence-corrected chi connectivity index (χ0v) is 84.4. The molecule has 0 aliphatic carbocycles. The van der Waals surface area contributed by atoms with Gasteiger partial charge in [0.05, 0.1) is 0 Å². The first-order valence-electron chi connectivity index (χ1n) is 51.5. The number of anilines is 24. The molecule has 0 atom stereocenters. The molecule has 140 heavy (non-hydrogen) atoms. The molecule has 17 rings (SSSR count). The van der Waals surface area contributed by atoms with E-state index < -0.39 is 0 Å². The summed E-state index contributed by atoms with van der Waals surface area (Å²) in [6.45, 7) is 27.0. The standard InChI is InChI=1S/C132H138N8/c1-13-19-39-103-85-104(40-20-14-2)88-125(87-103)137(110-47-30-26-31-48-110)129-93-107(43-23-17-5)91-127(95-129)135(112-59-54-97(7)55-60-112)117-71-73-119(74-72-117)136(128-92-108(44-24-18-6)94-130(96-128)138(111-49-32-27-33-50-111)126-89-105(41-21-15-3)86-106(90-126)42-22-16-4)118-69-65-114(66-70-118)133(113-63-67-116(68-64-113)134(109-45-28-25-29-46-109)124-51-36-37-99(9)83-124)115-75-77-122(78-76-115)140(132-84-100(10)53-58-102(132)12)123-81-79-121(80-82-123)139(120-61-56-98(8)57-62-120)131-52-35-34-38-101(131)11/h25-38,45-96H,13-24,39-44H2,1-12H3. The van der Waals surface area contributed by atoms with Crippen LogP contribution in [0, 0.1) is 41.5 Å². The van der Waals surface area contributed by atoms with E-state index in [-0.39, 0.29) is 0 Å². The van der Waals surface area contributed by atoms with Crippen LogP contribution < -0.4 is 39.2 Å². The molecule has 0 bridgehead atoms. The summed E-state index contributed by atoms with van der Waals surface area (Å²) in [5.41, 5.74) is 41.5. The summed E-state index contributed by atoms with van der Waals surface area (Å²) in [5, 5.41) is 0. The normalized spacial score (nSPS) is 11.2. The van der Waals surface area contributed by atoms with Crippen molar-refractivity contribution >= 4 is 136 Å². The zero-order valence-electron chi connectivity index (χ0n) is 84.4. The Balaban J connectivity index is 0.841. The van der Waals surface area contributed by atoms with E-state index in [0.29, 0.717) is 0 Å². The van der Waals surface area contributed by atoms with Crippen LogP contribution in [-0.4, -0.2) is 0 Å². The fourth-order valence-corrected chi connectivity index (χ4v) is 19.7. The molecule has 0 N–H and O–H groups in total. The van der Waals surface area contributed by atoms with Gasteiger partial charge in [-0.1, -0.05) is 225 Å². The highest BCUT2D eigenvalue weighted by molar-refractivity contribution is 5.92. The minimum Gasteiger partial charge on any atom is -0.310 e. The quantitative estimate of drug-likeness (QED) is 0.0373. The summed E-state index contributed by atoms with van der Waals surface area (Å²) >= 11 is 0. The molecule has 706 valence electrons. The van der Waals surface area contributed by atoms with Crippen molar-refractivity contribution in [3.63, 3.8) is 0 Å². The van der Waals surface area contributed by atoms with Crippen molar-refractivity contribution in [3.05, 3.63) is 467 Å².